The molecule has 0 bridgehead atoms. The normalized spacial score (nSPS) is 13.8. The number of nitrogens with one attached hydrogen (secondary N) is 2. The summed E-state index contributed by atoms with van der Waals surface area (Å²) in [5, 5.41) is 6.16. The van der Waals surface area contributed by atoms with Crippen LogP contribution < -0.4 is 16.4 Å². The van der Waals surface area contributed by atoms with E-state index in [0.717, 1.165) is 31.2 Å². The van der Waals surface area contributed by atoms with Crippen molar-refractivity contribution in [2.75, 3.05) is 11.1 Å². The van der Waals surface area contributed by atoms with E-state index in [1.807, 2.05) is 18.3 Å². The fourth-order valence-corrected chi connectivity index (χ4v) is 4.49. The number of urea groups is 1. The number of carbonyl (C=O) groups is 2. The SMILES string of the molecule is Nc1ncnc2c1c(C(=O)c1cccc(NC(=O)NCc3ccncc3)c1)cn2C1CCCC1. The Labute approximate surface area is 196 Å². The monoisotopic (exact) mass is 455 g/mol. The molecular weight excluding hydrogens is 430 g/mol. The van der Waals surface area contributed by atoms with Crippen LogP contribution in [0, 0.1) is 0 Å². The largest absolute Gasteiger partial charge is 0.383 e. The van der Waals surface area contributed by atoms with E-state index in [0.29, 0.717) is 40.4 Å². The molecule has 2 amide bonds. The fourth-order valence-electron chi connectivity index (χ4n) is 4.49. The van der Waals surface area contributed by atoms with E-state index < -0.39 is 0 Å². The van der Waals surface area contributed by atoms with Gasteiger partial charge in [0, 0.05) is 42.4 Å². The highest BCUT2D eigenvalue weighted by atomic mass is 16.2. The molecule has 34 heavy (non-hydrogen) atoms. The number of hydrogen-bond acceptors (Lipinski definition) is 6. The molecule has 4 N–H and O–H groups in total. The summed E-state index contributed by atoms with van der Waals surface area (Å²) in [7, 11) is 0. The number of nitrogens with two attached hydrogens (primary N) is 1. The lowest BCUT2D eigenvalue weighted by Gasteiger charge is -2.12. The number of amides is 2. The third-order valence-electron chi connectivity index (χ3n) is 6.19. The number of ketones is 1. The van der Waals surface area contributed by atoms with Crippen LogP contribution in [0.4, 0.5) is 16.3 Å². The maximum Gasteiger partial charge on any atom is 0.319 e. The molecule has 3 aromatic heterocycles. The summed E-state index contributed by atoms with van der Waals surface area (Å²) >= 11 is 0. The van der Waals surface area contributed by atoms with E-state index in [1.165, 1.54) is 6.33 Å². The number of hydrogen-bond donors (Lipinski definition) is 3. The Balaban J connectivity index is 1.38. The first-order valence-electron chi connectivity index (χ1n) is 11.3. The Morgan fingerprint density at radius 2 is 1.88 bits per heavy atom. The van der Waals surface area contributed by atoms with Crippen molar-refractivity contribution in [2.24, 2.45) is 0 Å². The average molecular weight is 456 g/mol. The van der Waals surface area contributed by atoms with Crippen LogP contribution in [0.15, 0.2) is 61.3 Å². The van der Waals surface area contributed by atoms with E-state index in [-0.39, 0.29) is 17.6 Å². The van der Waals surface area contributed by atoms with E-state index in [9.17, 15) is 9.59 Å². The zero-order valence-corrected chi connectivity index (χ0v) is 18.6. The molecule has 0 spiro atoms. The smallest absolute Gasteiger partial charge is 0.319 e. The van der Waals surface area contributed by atoms with E-state index in [4.69, 9.17) is 5.73 Å². The molecule has 1 aliphatic carbocycles. The number of aromatic nitrogens is 4. The van der Waals surface area contributed by atoms with E-state index >= 15 is 0 Å². The van der Waals surface area contributed by atoms with Crippen molar-refractivity contribution in [1.82, 2.24) is 24.8 Å². The minimum Gasteiger partial charge on any atom is -0.383 e. The van der Waals surface area contributed by atoms with Gasteiger partial charge in [-0.05, 0) is 42.7 Å². The molecule has 1 saturated carbocycles. The van der Waals surface area contributed by atoms with Crippen LogP contribution >= 0.6 is 0 Å². The number of benzene rings is 1. The average Bonchev–Trinajstić information content (AvgIpc) is 3.52. The Hall–Kier alpha value is -4.27. The van der Waals surface area contributed by atoms with Gasteiger partial charge in [0.05, 0.1) is 10.9 Å². The molecule has 5 rings (SSSR count). The van der Waals surface area contributed by atoms with Crippen LogP contribution in [-0.4, -0.2) is 31.3 Å². The molecule has 1 aromatic carbocycles. The van der Waals surface area contributed by atoms with Crippen molar-refractivity contribution < 1.29 is 9.59 Å². The van der Waals surface area contributed by atoms with Gasteiger partial charge in [-0.2, -0.15) is 0 Å². The number of nitrogens with zero attached hydrogens (tertiary/aromatic N) is 4. The first-order valence-corrected chi connectivity index (χ1v) is 11.3. The standard InChI is InChI=1S/C25H25N7O2/c26-23-21-20(14-32(19-6-1-2-7-19)24(21)30-15-29-23)22(33)17-4-3-5-18(12-17)31-25(34)28-13-16-8-10-27-11-9-16/h3-5,8-12,14-15,19H,1-2,6-7,13H2,(H2,26,29,30)(H2,28,31,34). The Kier molecular flexibility index (Phi) is 5.90. The van der Waals surface area contributed by atoms with Gasteiger partial charge in [-0.15, -0.1) is 0 Å². The number of anilines is 2. The van der Waals surface area contributed by atoms with Crippen molar-refractivity contribution in [2.45, 2.75) is 38.3 Å². The second-order valence-electron chi connectivity index (χ2n) is 8.42. The predicted octanol–water partition coefficient (Wildman–Crippen LogP) is 4.08. The third kappa shape index (κ3) is 4.32. The zero-order chi connectivity index (χ0) is 23.5. The van der Waals surface area contributed by atoms with Crippen molar-refractivity contribution in [3.63, 3.8) is 0 Å². The molecule has 9 nitrogen and oxygen atoms in total. The topological polar surface area (TPSA) is 128 Å². The van der Waals surface area contributed by atoms with E-state index in [2.05, 4.69) is 30.2 Å². The molecule has 4 aromatic rings. The molecule has 9 heteroatoms. The highest BCUT2D eigenvalue weighted by Crippen LogP contribution is 2.35. The molecule has 1 fully saturated rings. The molecule has 0 saturated heterocycles. The van der Waals surface area contributed by atoms with Crippen LogP contribution in [0.25, 0.3) is 11.0 Å². The lowest BCUT2D eigenvalue weighted by molar-refractivity contribution is 0.104. The Bertz CT molecular complexity index is 1340. The molecule has 3 heterocycles. The molecular formula is C25H25N7O2. The minimum absolute atomic E-state index is 0.191. The van der Waals surface area contributed by atoms with Crippen LogP contribution in [0.1, 0.15) is 53.2 Å². The first kappa shape index (κ1) is 21.6. The van der Waals surface area contributed by atoms with Crippen LogP contribution in [0.2, 0.25) is 0 Å². The van der Waals surface area contributed by atoms with E-state index in [1.54, 1.807) is 36.7 Å². The van der Waals surface area contributed by atoms with Gasteiger partial charge < -0.3 is 20.9 Å². The Morgan fingerprint density at radius 1 is 1.09 bits per heavy atom. The van der Waals surface area contributed by atoms with Gasteiger partial charge in [0.15, 0.2) is 5.78 Å². The lowest BCUT2D eigenvalue weighted by atomic mass is 10.0. The third-order valence-corrected chi connectivity index (χ3v) is 6.19. The van der Waals surface area contributed by atoms with Crippen LogP contribution in [-0.2, 0) is 6.54 Å². The van der Waals surface area contributed by atoms with Gasteiger partial charge in [0.1, 0.15) is 17.8 Å². The summed E-state index contributed by atoms with van der Waals surface area (Å²) in [5.41, 5.74) is 9.23. The van der Waals surface area contributed by atoms with Gasteiger partial charge in [-0.25, -0.2) is 14.8 Å². The molecule has 1 aliphatic rings. The first-order chi connectivity index (χ1) is 16.6. The number of carbonyl (C=O) groups excluding carboxylic acids is 2. The lowest BCUT2D eigenvalue weighted by Crippen LogP contribution is -2.28. The molecule has 0 atom stereocenters. The molecule has 0 unspecified atom stereocenters. The maximum absolute atomic E-state index is 13.5. The maximum atomic E-state index is 13.5. The van der Waals surface area contributed by atoms with Crippen LogP contribution in [0.3, 0.4) is 0 Å². The quantitative estimate of drug-likeness (QED) is 0.376. The molecule has 0 aliphatic heterocycles. The minimum atomic E-state index is -0.364. The summed E-state index contributed by atoms with van der Waals surface area (Å²) in [4.78, 5) is 38.4. The van der Waals surface area contributed by atoms with Crippen molar-refractivity contribution in [3.8, 4) is 0 Å². The number of fused-ring (bicyclic) bond motifs is 1. The summed E-state index contributed by atoms with van der Waals surface area (Å²) in [6.07, 6.45) is 11.1. The fraction of sp³-hybridized carbons (Fsp3) is 0.240. The van der Waals surface area contributed by atoms with Gasteiger partial charge in [-0.3, -0.25) is 9.78 Å². The second-order valence-corrected chi connectivity index (χ2v) is 8.42. The van der Waals surface area contributed by atoms with Gasteiger partial charge >= 0.3 is 6.03 Å². The molecule has 172 valence electrons. The summed E-state index contributed by atoms with van der Waals surface area (Å²) in [5.74, 6) is 0.0963. The van der Waals surface area contributed by atoms with Gasteiger partial charge in [0.25, 0.3) is 0 Å². The van der Waals surface area contributed by atoms with Gasteiger partial charge in [-0.1, -0.05) is 25.0 Å². The molecule has 0 radical (unpaired) electrons. The Morgan fingerprint density at radius 3 is 2.68 bits per heavy atom. The number of rotatable bonds is 6. The summed E-state index contributed by atoms with van der Waals surface area (Å²) < 4.78 is 2.07. The highest BCUT2D eigenvalue weighted by molar-refractivity contribution is 6.18. The summed E-state index contributed by atoms with van der Waals surface area (Å²) in [6.45, 7) is 0.368. The predicted molar refractivity (Wildman–Crippen MR) is 129 cm³/mol. The highest BCUT2D eigenvalue weighted by Gasteiger charge is 2.25. The number of pyridine rings is 1. The van der Waals surface area contributed by atoms with Crippen molar-refractivity contribution in [1.29, 1.82) is 0 Å². The van der Waals surface area contributed by atoms with Crippen molar-refractivity contribution >= 4 is 34.4 Å². The van der Waals surface area contributed by atoms with Crippen LogP contribution in [0.5, 0.6) is 0 Å². The van der Waals surface area contributed by atoms with Crippen molar-refractivity contribution in [3.05, 3.63) is 78.0 Å². The summed E-state index contributed by atoms with van der Waals surface area (Å²) in [6, 6.07) is 10.5. The number of nitrogen functional groups attached to an aromatic ring is 1. The van der Waals surface area contributed by atoms with Gasteiger partial charge in [0.2, 0.25) is 0 Å². The second kappa shape index (κ2) is 9.30. The zero-order valence-electron chi connectivity index (χ0n) is 18.6.